The van der Waals surface area contributed by atoms with Gasteiger partial charge >= 0.3 is 0 Å². The van der Waals surface area contributed by atoms with Gasteiger partial charge in [-0.1, -0.05) is 44.2 Å². The molecule has 2 rings (SSSR count). The maximum absolute atomic E-state index is 10.4. The van der Waals surface area contributed by atoms with Gasteiger partial charge in [0.2, 0.25) is 0 Å². The molecule has 0 radical (unpaired) electrons. The Hall–Kier alpha value is -2.36. The van der Waals surface area contributed by atoms with Crippen molar-refractivity contribution in [1.82, 2.24) is 0 Å². The number of hydrogen-bond acceptors (Lipinski definition) is 4. The summed E-state index contributed by atoms with van der Waals surface area (Å²) in [6.07, 6.45) is 0. The van der Waals surface area contributed by atoms with E-state index >= 15 is 0 Å². The van der Waals surface area contributed by atoms with Gasteiger partial charge in [-0.25, -0.2) is 0 Å². The number of anilines is 3. The summed E-state index contributed by atoms with van der Waals surface area (Å²) >= 11 is 0. The minimum Gasteiger partial charge on any atom is -0.504 e. The zero-order valence-electron chi connectivity index (χ0n) is 13.9. The third-order valence-electron chi connectivity index (χ3n) is 4.24. The van der Waals surface area contributed by atoms with Gasteiger partial charge in [0.05, 0.1) is 11.4 Å². The summed E-state index contributed by atoms with van der Waals surface area (Å²) in [5.41, 5.74) is 4.46. The predicted octanol–water partition coefficient (Wildman–Crippen LogP) is 3.84. The van der Waals surface area contributed by atoms with Gasteiger partial charge in [0.1, 0.15) is 5.69 Å². The second-order valence-corrected chi connectivity index (χ2v) is 5.81. The van der Waals surface area contributed by atoms with Crippen LogP contribution in [0.1, 0.15) is 25.0 Å². The number of rotatable bonds is 5. The summed E-state index contributed by atoms with van der Waals surface area (Å²) in [6, 6.07) is 12.4. The minimum atomic E-state index is -0.204. The van der Waals surface area contributed by atoms with E-state index < -0.39 is 0 Å². The fourth-order valence-electron chi connectivity index (χ4n) is 2.87. The lowest BCUT2D eigenvalue weighted by Crippen LogP contribution is -2.21. The van der Waals surface area contributed by atoms with E-state index in [1.165, 1.54) is 5.56 Å². The van der Waals surface area contributed by atoms with Crippen molar-refractivity contribution in [3.63, 3.8) is 0 Å². The number of hydrogen-bond donors (Lipinski definition) is 4. The first-order valence-electron chi connectivity index (χ1n) is 7.46. The van der Waals surface area contributed by atoms with Crippen LogP contribution >= 0.6 is 0 Å². The van der Waals surface area contributed by atoms with Crippen molar-refractivity contribution in [3.05, 3.63) is 47.5 Å². The number of phenols is 1. The second kappa shape index (κ2) is 6.18. The van der Waals surface area contributed by atoms with Gasteiger partial charge in [-0.05, 0) is 17.2 Å². The Morgan fingerprint density at radius 3 is 1.95 bits per heavy atom. The molecular weight excluding hydrogens is 274 g/mol. The van der Waals surface area contributed by atoms with Crippen LogP contribution in [0, 0.1) is 0 Å². The molecule has 0 aromatic heterocycles. The lowest BCUT2D eigenvalue weighted by atomic mass is 9.76. The lowest BCUT2D eigenvalue weighted by molar-refractivity contribution is 0.479. The number of phenolic OH excluding ortho intramolecular Hbond substituents is 1. The summed E-state index contributed by atoms with van der Waals surface area (Å²) in [5.74, 6) is 0.224. The third-order valence-corrected chi connectivity index (χ3v) is 4.24. The van der Waals surface area contributed by atoms with E-state index in [0.717, 1.165) is 11.3 Å². The van der Waals surface area contributed by atoms with Crippen LogP contribution in [0.2, 0.25) is 0 Å². The van der Waals surface area contributed by atoms with Crippen molar-refractivity contribution >= 4 is 17.1 Å². The minimum absolute atomic E-state index is 0.204. The smallest absolute Gasteiger partial charge is 0.164 e. The van der Waals surface area contributed by atoms with E-state index in [2.05, 4.69) is 54.1 Å². The second-order valence-electron chi connectivity index (χ2n) is 5.81. The first-order valence-corrected chi connectivity index (χ1v) is 7.46. The molecule has 118 valence electrons. The number of benzene rings is 2. The Morgan fingerprint density at radius 2 is 1.45 bits per heavy atom. The Labute approximate surface area is 132 Å². The molecule has 2 aromatic carbocycles. The van der Waals surface area contributed by atoms with Gasteiger partial charge < -0.3 is 21.1 Å². The van der Waals surface area contributed by atoms with Crippen LogP contribution < -0.4 is 16.0 Å². The predicted molar refractivity (Wildman–Crippen MR) is 95.3 cm³/mol. The van der Waals surface area contributed by atoms with E-state index in [1.54, 1.807) is 0 Å². The molecule has 0 saturated heterocycles. The van der Waals surface area contributed by atoms with Gasteiger partial charge in [0.15, 0.2) is 5.75 Å². The highest BCUT2D eigenvalue weighted by molar-refractivity contribution is 5.86. The van der Waals surface area contributed by atoms with E-state index in [-0.39, 0.29) is 11.2 Å². The molecule has 0 aliphatic heterocycles. The van der Waals surface area contributed by atoms with Gasteiger partial charge in [-0.3, -0.25) is 0 Å². The maximum atomic E-state index is 10.4. The van der Waals surface area contributed by atoms with E-state index in [4.69, 9.17) is 0 Å². The molecule has 4 nitrogen and oxygen atoms in total. The molecule has 0 amide bonds. The largest absolute Gasteiger partial charge is 0.504 e. The van der Waals surface area contributed by atoms with Gasteiger partial charge in [-0.2, -0.15) is 0 Å². The molecule has 0 atom stereocenters. The number of nitrogens with one attached hydrogen (secondary N) is 3. The van der Waals surface area contributed by atoms with Crippen LogP contribution in [-0.4, -0.2) is 26.2 Å². The monoisotopic (exact) mass is 299 g/mol. The molecule has 0 fully saturated rings. The molecule has 2 aromatic rings. The molecule has 0 aliphatic carbocycles. The molecule has 0 spiro atoms. The van der Waals surface area contributed by atoms with Crippen LogP contribution in [0.4, 0.5) is 17.1 Å². The molecule has 0 unspecified atom stereocenters. The first-order chi connectivity index (χ1) is 10.5. The molecule has 0 bridgehead atoms. The Balaban J connectivity index is 2.73. The third kappa shape index (κ3) is 2.56. The van der Waals surface area contributed by atoms with Gasteiger partial charge in [-0.15, -0.1) is 0 Å². The SMILES string of the molecule is CNc1cc(C(C)(C)c2ccccc2)c(NC)c(NC)c1O. The molecule has 0 heterocycles. The van der Waals surface area contributed by atoms with E-state index in [1.807, 2.05) is 33.3 Å². The standard InChI is InChI=1S/C18H25N3O/c1-18(2,12-9-7-6-8-10-12)13-11-14(19-3)17(22)16(21-5)15(13)20-4/h6-11,19-22H,1-5H3. The Bertz CT molecular complexity index is 651. The summed E-state index contributed by atoms with van der Waals surface area (Å²) in [7, 11) is 5.50. The summed E-state index contributed by atoms with van der Waals surface area (Å²) in [6.45, 7) is 4.38. The topological polar surface area (TPSA) is 56.3 Å². The molecule has 4 N–H and O–H groups in total. The lowest BCUT2D eigenvalue weighted by Gasteiger charge is -2.31. The fraction of sp³-hybridized carbons (Fsp3) is 0.333. The highest BCUT2D eigenvalue weighted by Crippen LogP contribution is 2.46. The molecular formula is C18H25N3O. The van der Waals surface area contributed by atoms with Crippen LogP contribution in [0.15, 0.2) is 36.4 Å². The molecule has 4 heteroatoms. The normalized spacial score (nSPS) is 11.1. The maximum Gasteiger partial charge on any atom is 0.164 e. The summed E-state index contributed by atoms with van der Waals surface area (Å²) in [4.78, 5) is 0. The van der Waals surface area contributed by atoms with Crippen LogP contribution in [0.25, 0.3) is 0 Å². The van der Waals surface area contributed by atoms with Crippen LogP contribution in [-0.2, 0) is 5.41 Å². The zero-order valence-corrected chi connectivity index (χ0v) is 13.9. The summed E-state index contributed by atoms with van der Waals surface area (Å²) in [5, 5.41) is 19.8. The van der Waals surface area contributed by atoms with Crippen molar-refractivity contribution < 1.29 is 5.11 Å². The molecule has 22 heavy (non-hydrogen) atoms. The van der Waals surface area contributed by atoms with Crippen LogP contribution in [0.3, 0.4) is 0 Å². The zero-order chi connectivity index (χ0) is 16.3. The molecule has 0 aliphatic rings. The Morgan fingerprint density at radius 1 is 0.864 bits per heavy atom. The van der Waals surface area contributed by atoms with Crippen molar-refractivity contribution in [1.29, 1.82) is 0 Å². The van der Waals surface area contributed by atoms with Gasteiger partial charge in [0.25, 0.3) is 0 Å². The highest BCUT2D eigenvalue weighted by atomic mass is 16.3. The van der Waals surface area contributed by atoms with E-state index in [9.17, 15) is 5.11 Å². The van der Waals surface area contributed by atoms with Crippen molar-refractivity contribution in [2.75, 3.05) is 37.1 Å². The van der Waals surface area contributed by atoms with E-state index in [0.29, 0.717) is 11.4 Å². The van der Waals surface area contributed by atoms with Crippen molar-refractivity contribution in [2.45, 2.75) is 19.3 Å². The number of aromatic hydroxyl groups is 1. The van der Waals surface area contributed by atoms with Gasteiger partial charge in [0, 0.05) is 26.6 Å². The first kappa shape index (κ1) is 16.0. The average Bonchev–Trinajstić information content (AvgIpc) is 2.54. The average molecular weight is 299 g/mol. The van der Waals surface area contributed by atoms with Crippen molar-refractivity contribution in [2.24, 2.45) is 0 Å². The highest BCUT2D eigenvalue weighted by Gasteiger charge is 2.29. The Kier molecular flexibility index (Phi) is 4.50. The quantitative estimate of drug-likeness (QED) is 0.634. The molecule has 0 saturated carbocycles. The van der Waals surface area contributed by atoms with Crippen molar-refractivity contribution in [3.8, 4) is 5.75 Å². The van der Waals surface area contributed by atoms with Crippen LogP contribution in [0.5, 0.6) is 5.75 Å². The summed E-state index contributed by atoms with van der Waals surface area (Å²) < 4.78 is 0. The fourth-order valence-corrected chi connectivity index (χ4v) is 2.87.